The van der Waals surface area contributed by atoms with Crippen LogP contribution in [0.1, 0.15) is 46.0 Å². The van der Waals surface area contributed by atoms with Crippen molar-refractivity contribution in [1.82, 2.24) is 0 Å². The van der Waals surface area contributed by atoms with Crippen molar-refractivity contribution in [3.05, 3.63) is 0 Å². The maximum Gasteiger partial charge on any atom is 2.00 e. The molecule has 0 aromatic heterocycles. The maximum absolute atomic E-state index is 10.6. The largest absolute Gasteiger partial charge is 2.00 e. The molecule has 0 unspecified atom stereocenters. The third kappa shape index (κ3) is 18.1. The van der Waals surface area contributed by atoms with E-state index in [1.54, 1.807) is 0 Å². The van der Waals surface area contributed by atoms with Gasteiger partial charge in [0, 0.05) is 0 Å². The van der Waals surface area contributed by atoms with Crippen LogP contribution in [0.15, 0.2) is 0 Å². The van der Waals surface area contributed by atoms with E-state index in [4.69, 9.17) is 0 Å². The van der Waals surface area contributed by atoms with Crippen molar-refractivity contribution < 1.29 is 29.3 Å². The van der Waals surface area contributed by atoms with Crippen LogP contribution in [0.5, 0.6) is 0 Å². The molecule has 0 N–H and O–H groups in total. The molecule has 0 spiro atoms. The third-order valence-corrected chi connectivity index (χ3v) is 5.16. The van der Waals surface area contributed by atoms with Crippen LogP contribution >= 0.6 is 17.1 Å². The van der Waals surface area contributed by atoms with Crippen molar-refractivity contribution in [3.63, 3.8) is 0 Å². The minimum Gasteiger partial charge on any atom is -0.825 e. The molecule has 6 heteroatoms. The van der Waals surface area contributed by atoms with Gasteiger partial charge in [-0.05, 0) is 18.1 Å². The van der Waals surface area contributed by atoms with E-state index in [0.29, 0.717) is 5.75 Å². The molecule has 86 valence electrons. The summed E-state index contributed by atoms with van der Waals surface area (Å²) in [5, 5.41) is 0. The predicted molar refractivity (Wildman–Crippen MR) is 64.7 cm³/mol. The Balaban J connectivity index is 0. The van der Waals surface area contributed by atoms with Gasteiger partial charge in [-0.3, -0.25) is 0 Å². The Kier molecular flexibility index (Phi) is 13.5. The summed E-state index contributed by atoms with van der Waals surface area (Å²) in [5.41, 5.74) is -3.49. The molecule has 0 radical (unpaired) electrons. The minimum atomic E-state index is -3.49. The molecule has 0 saturated heterocycles. The van der Waals surface area contributed by atoms with Crippen LogP contribution in [0.4, 0.5) is 0 Å². The second-order valence-electron chi connectivity index (χ2n) is 3.88. The molecule has 0 aromatic rings. The summed E-state index contributed by atoms with van der Waals surface area (Å²) in [6.07, 6.45) is 5.82. The Labute approximate surface area is 115 Å². The van der Waals surface area contributed by atoms with Crippen LogP contribution in [0.25, 0.3) is 0 Å². The summed E-state index contributed by atoms with van der Waals surface area (Å²) in [6, 6.07) is 0. The van der Waals surface area contributed by atoms with Crippen LogP contribution < -0.4 is 9.79 Å². The Hall–Kier alpha value is 1.54. The van der Waals surface area contributed by atoms with Gasteiger partial charge in [-0.1, -0.05) is 39.5 Å². The minimum absolute atomic E-state index is 0. The molecular formula is C9H19O2PS2Zn. The van der Waals surface area contributed by atoms with E-state index in [2.05, 4.69) is 25.7 Å². The van der Waals surface area contributed by atoms with Gasteiger partial charge in [-0.15, -0.1) is 11.8 Å². The van der Waals surface area contributed by atoms with Crippen LogP contribution in [0.3, 0.4) is 0 Å². The predicted octanol–water partition coefficient (Wildman–Crippen LogP) is 2.27. The average Bonchev–Trinajstić information content (AvgIpc) is 2.00. The zero-order valence-corrected chi connectivity index (χ0v) is 15.1. The van der Waals surface area contributed by atoms with Crippen LogP contribution in [0.2, 0.25) is 0 Å². The first-order valence-electron chi connectivity index (χ1n) is 5.08. The Morgan fingerprint density at radius 3 is 2.13 bits per heavy atom. The van der Waals surface area contributed by atoms with Crippen molar-refractivity contribution in [1.29, 1.82) is 0 Å². The summed E-state index contributed by atoms with van der Waals surface area (Å²) >= 11 is 5.20. The second kappa shape index (κ2) is 10.7. The zero-order chi connectivity index (χ0) is 11.0. The molecule has 2 nitrogen and oxygen atoms in total. The number of unbranched alkanes of at least 4 members (excludes halogenated alkanes) is 3. The molecule has 0 aliphatic carbocycles. The van der Waals surface area contributed by atoms with Gasteiger partial charge in [0.1, 0.15) is 0 Å². The smallest absolute Gasteiger partial charge is 0.825 e. The van der Waals surface area contributed by atoms with Gasteiger partial charge in [0.05, 0.1) is 0 Å². The molecule has 0 heterocycles. The molecule has 0 fully saturated rings. The quantitative estimate of drug-likeness (QED) is 0.391. The summed E-state index contributed by atoms with van der Waals surface area (Å²) in [4.78, 5) is 21.2. The van der Waals surface area contributed by atoms with Crippen molar-refractivity contribution in [2.45, 2.75) is 46.0 Å². The Bertz CT molecular complexity index is 185. The van der Waals surface area contributed by atoms with E-state index in [0.717, 1.165) is 30.1 Å². The first-order chi connectivity index (χ1) is 6.42. The summed E-state index contributed by atoms with van der Waals surface area (Å²) < 4.78 is 0. The fourth-order valence-corrected chi connectivity index (χ4v) is 3.47. The first-order valence-corrected chi connectivity index (χ1v) is 9.31. The molecule has 15 heavy (non-hydrogen) atoms. The second-order valence-corrected chi connectivity index (χ2v) is 9.79. The Morgan fingerprint density at radius 1 is 1.13 bits per heavy atom. The van der Waals surface area contributed by atoms with Crippen LogP contribution in [0, 0.1) is 5.92 Å². The molecule has 0 amide bonds. The van der Waals surface area contributed by atoms with Crippen molar-refractivity contribution in [3.8, 4) is 0 Å². The summed E-state index contributed by atoms with van der Waals surface area (Å²) in [7, 11) is 0. The fourth-order valence-electron chi connectivity index (χ4n) is 1.18. The van der Waals surface area contributed by atoms with Gasteiger partial charge in [0.15, 0.2) is 0 Å². The molecule has 0 bridgehead atoms. The topological polar surface area (TPSA) is 46.1 Å². The van der Waals surface area contributed by atoms with Crippen LogP contribution in [-0.4, -0.2) is 5.75 Å². The standard InChI is InChI=1S/C9H21O2PS2.Zn/c1-9(2)7-5-3-4-6-8-14-12(10,11)13;/h9H,3-8H2,1-2H3,(H2,10,11,13);/q;+2/p-2. The van der Waals surface area contributed by atoms with Crippen molar-refractivity contribution in [2.24, 2.45) is 5.92 Å². The van der Waals surface area contributed by atoms with Crippen molar-refractivity contribution >= 4 is 28.9 Å². The number of rotatable bonds is 8. The van der Waals surface area contributed by atoms with Gasteiger partial charge >= 0.3 is 19.5 Å². The van der Waals surface area contributed by atoms with Gasteiger partial charge in [-0.25, -0.2) is 0 Å². The molecule has 0 aliphatic rings. The Morgan fingerprint density at radius 2 is 1.67 bits per heavy atom. The van der Waals surface area contributed by atoms with Crippen LogP contribution in [-0.2, 0) is 31.3 Å². The molecule has 0 atom stereocenters. The first kappa shape index (κ1) is 18.9. The summed E-state index contributed by atoms with van der Waals surface area (Å²) in [5.74, 6) is 1.44. The maximum atomic E-state index is 10.6. The normalized spacial score (nSPS) is 11.5. The summed E-state index contributed by atoms with van der Waals surface area (Å²) in [6.45, 7) is 4.45. The van der Waals surface area contributed by atoms with Gasteiger partial charge < -0.3 is 9.79 Å². The molecule has 0 aromatic carbocycles. The monoisotopic (exact) mass is 318 g/mol. The zero-order valence-electron chi connectivity index (χ0n) is 9.61. The van der Waals surface area contributed by atoms with Gasteiger partial charge in [0.25, 0.3) is 0 Å². The average molecular weight is 320 g/mol. The molecular weight excluding hydrogens is 301 g/mol. The molecule has 0 saturated carbocycles. The fraction of sp³-hybridized carbons (Fsp3) is 1.00. The SMILES string of the molecule is CC(C)CCCCCCSP([O-])([O-])=S.[Zn+2]. The van der Waals surface area contributed by atoms with Gasteiger partial charge in [0.2, 0.25) is 0 Å². The number of hydrogen-bond donors (Lipinski definition) is 0. The van der Waals surface area contributed by atoms with E-state index in [9.17, 15) is 9.79 Å². The van der Waals surface area contributed by atoms with E-state index >= 15 is 0 Å². The van der Waals surface area contributed by atoms with Crippen molar-refractivity contribution in [2.75, 3.05) is 5.75 Å². The molecule has 0 rings (SSSR count). The third-order valence-electron chi connectivity index (χ3n) is 1.93. The van der Waals surface area contributed by atoms with Gasteiger partial charge in [-0.2, -0.15) is 17.1 Å². The van der Waals surface area contributed by atoms with E-state index < -0.39 is 5.69 Å². The number of hydrogen-bond acceptors (Lipinski definition) is 4. The van der Waals surface area contributed by atoms with E-state index in [1.807, 2.05) is 0 Å². The molecule has 0 aliphatic heterocycles. The van der Waals surface area contributed by atoms with E-state index in [-0.39, 0.29) is 19.5 Å². The van der Waals surface area contributed by atoms with E-state index in [1.165, 1.54) is 19.3 Å².